The molecule has 1 aromatic heterocycles. The summed E-state index contributed by atoms with van der Waals surface area (Å²) >= 11 is 0. The molecule has 30 heavy (non-hydrogen) atoms. The quantitative estimate of drug-likeness (QED) is 0.627. The molecule has 4 fully saturated rings. The Morgan fingerprint density at radius 2 is 1.93 bits per heavy atom. The first-order chi connectivity index (χ1) is 14.3. The van der Waals surface area contributed by atoms with Crippen molar-refractivity contribution in [2.75, 3.05) is 0 Å². The number of aromatic nitrogens is 2. The summed E-state index contributed by atoms with van der Waals surface area (Å²) in [6.07, 6.45) is 8.03. The fraction of sp³-hybridized carbons (Fsp3) is 0.591. The van der Waals surface area contributed by atoms with Crippen molar-refractivity contribution in [2.45, 2.75) is 56.8 Å². The Balaban J connectivity index is 1.27. The minimum atomic E-state index is -4.50. The van der Waals surface area contributed by atoms with E-state index < -0.39 is 13.9 Å². The molecule has 0 amide bonds. The average Bonchev–Trinajstić information content (AvgIpc) is 3.26. The number of benzene rings is 1. The molecular weight excluding hydrogens is 403 g/mol. The molecule has 5 aliphatic rings. The van der Waals surface area contributed by atoms with Gasteiger partial charge >= 0.3 is 7.82 Å². The first-order valence-corrected chi connectivity index (χ1v) is 12.4. The zero-order chi connectivity index (χ0) is 20.7. The van der Waals surface area contributed by atoms with Crippen LogP contribution in [-0.2, 0) is 9.09 Å². The van der Waals surface area contributed by atoms with Crippen LogP contribution in [0.5, 0.6) is 0 Å². The highest BCUT2D eigenvalue weighted by Gasteiger charge is 2.59. The summed E-state index contributed by atoms with van der Waals surface area (Å²) in [5.74, 6) is 0.768. The predicted octanol–water partition coefficient (Wildman–Crippen LogP) is 3.51. The van der Waals surface area contributed by atoms with E-state index in [1.807, 2.05) is 24.7 Å². The highest BCUT2D eigenvalue weighted by atomic mass is 31.2. The summed E-state index contributed by atoms with van der Waals surface area (Å²) in [6.45, 7) is 0. The highest BCUT2D eigenvalue weighted by molar-refractivity contribution is 7.46. The molecule has 0 saturated heterocycles. The van der Waals surface area contributed by atoms with E-state index in [4.69, 9.17) is 4.52 Å². The van der Waals surface area contributed by atoms with Gasteiger partial charge in [-0.15, -0.1) is 0 Å². The molecule has 7 rings (SSSR count). The summed E-state index contributed by atoms with van der Waals surface area (Å²) in [5, 5.41) is 11.6. The third-order valence-corrected chi connectivity index (χ3v) is 8.76. The number of nitrogens with zero attached hydrogens (tertiary/aromatic N) is 2. The summed E-state index contributed by atoms with van der Waals surface area (Å²) in [5.41, 5.74) is 3.35. The van der Waals surface area contributed by atoms with Gasteiger partial charge in [-0.2, -0.15) is 0 Å². The van der Waals surface area contributed by atoms with Gasteiger partial charge < -0.3 is 19.5 Å². The smallest absolute Gasteiger partial charge is 0.392 e. The Morgan fingerprint density at radius 3 is 2.67 bits per heavy atom. The van der Waals surface area contributed by atoms with Crippen molar-refractivity contribution >= 4 is 7.82 Å². The summed E-state index contributed by atoms with van der Waals surface area (Å²) in [7, 11) is -4.50. The van der Waals surface area contributed by atoms with E-state index in [9.17, 15) is 19.5 Å². The predicted molar refractivity (Wildman–Crippen MR) is 109 cm³/mol. The lowest BCUT2D eigenvalue weighted by Gasteiger charge is -2.61. The summed E-state index contributed by atoms with van der Waals surface area (Å²) in [4.78, 5) is 23.1. The number of rotatable bonds is 5. The number of hydrogen-bond acceptors (Lipinski definition) is 4. The fourth-order valence-electron chi connectivity index (χ4n) is 7.41. The Hall–Kier alpha value is -1.50. The third-order valence-electron chi connectivity index (χ3n) is 8.24. The van der Waals surface area contributed by atoms with Gasteiger partial charge in [-0.1, -0.05) is 24.3 Å². The van der Waals surface area contributed by atoms with Gasteiger partial charge in [0.1, 0.15) is 0 Å². The number of phosphoric ester groups is 1. The van der Waals surface area contributed by atoms with Crippen LogP contribution in [-0.4, -0.2) is 36.7 Å². The van der Waals surface area contributed by atoms with Gasteiger partial charge in [0.15, 0.2) is 0 Å². The van der Waals surface area contributed by atoms with Crippen LogP contribution in [0, 0.1) is 23.2 Å². The standard InChI is InChI=1S/C22H27N2O5P/c25-20(7-18-16-3-1-2-4-17(16)19-11-23-12-24(18)19)22-8-13-5-14(9-22)21(15(6-13)10-22)29-30(26,27)28/h1-4,11-15,18,20-21,25H,5-10H2,(H2,26,27,28). The number of fused-ring (bicyclic) bond motifs is 3. The molecule has 4 atom stereocenters. The molecule has 1 aromatic carbocycles. The minimum Gasteiger partial charge on any atom is -0.392 e. The van der Waals surface area contributed by atoms with Gasteiger partial charge in [0, 0.05) is 5.56 Å². The molecule has 2 heterocycles. The zero-order valence-electron chi connectivity index (χ0n) is 16.7. The highest BCUT2D eigenvalue weighted by Crippen LogP contribution is 2.64. The lowest BCUT2D eigenvalue weighted by molar-refractivity contribution is -0.170. The number of hydrogen-bond donors (Lipinski definition) is 3. The Bertz CT molecular complexity index is 1020. The topological polar surface area (TPSA) is 105 Å². The normalized spacial score (nSPS) is 37.2. The lowest BCUT2D eigenvalue weighted by Crippen LogP contribution is -2.58. The third kappa shape index (κ3) is 2.87. The molecule has 1 aliphatic heterocycles. The second kappa shape index (κ2) is 6.50. The number of phosphoric acid groups is 1. The van der Waals surface area contributed by atoms with E-state index >= 15 is 0 Å². The Morgan fingerprint density at radius 1 is 1.20 bits per heavy atom. The molecule has 2 aromatic rings. The fourth-order valence-corrected chi connectivity index (χ4v) is 8.08. The van der Waals surface area contributed by atoms with Gasteiger partial charge in [0.05, 0.1) is 36.5 Å². The number of aliphatic hydroxyl groups excluding tert-OH is 1. The van der Waals surface area contributed by atoms with Crippen molar-refractivity contribution in [3.63, 3.8) is 0 Å². The van der Waals surface area contributed by atoms with Crippen LogP contribution in [0.4, 0.5) is 0 Å². The van der Waals surface area contributed by atoms with Crippen LogP contribution in [0.1, 0.15) is 50.1 Å². The Kier molecular flexibility index (Phi) is 4.16. The Labute approximate surface area is 175 Å². The SMILES string of the molecule is O=P(O)(O)OC1C2CC3CC1CC(C(O)CC1c4ccccc4-c4cncn41)(C3)C2. The first-order valence-electron chi connectivity index (χ1n) is 10.9. The number of aliphatic hydroxyl groups is 1. The molecule has 4 bridgehead atoms. The van der Waals surface area contributed by atoms with Crippen LogP contribution in [0.3, 0.4) is 0 Å². The van der Waals surface area contributed by atoms with Crippen molar-refractivity contribution in [1.29, 1.82) is 0 Å². The van der Waals surface area contributed by atoms with E-state index in [1.165, 1.54) is 11.1 Å². The largest absolute Gasteiger partial charge is 0.469 e. The zero-order valence-corrected chi connectivity index (χ0v) is 17.6. The van der Waals surface area contributed by atoms with E-state index in [2.05, 4.69) is 21.7 Å². The lowest BCUT2D eigenvalue weighted by atomic mass is 9.47. The molecule has 3 N–H and O–H groups in total. The van der Waals surface area contributed by atoms with Crippen LogP contribution in [0.25, 0.3) is 11.3 Å². The maximum absolute atomic E-state index is 11.6. The second-order valence-electron chi connectivity index (χ2n) is 9.93. The van der Waals surface area contributed by atoms with Gasteiger partial charge in [0.2, 0.25) is 0 Å². The monoisotopic (exact) mass is 430 g/mol. The maximum atomic E-state index is 11.6. The van der Waals surface area contributed by atoms with Crippen molar-refractivity contribution in [2.24, 2.45) is 23.2 Å². The van der Waals surface area contributed by atoms with Crippen LogP contribution >= 0.6 is 7.82 Å². The van der Waals surface area contributed by atoms with Crippen molar-refractivity contribution in [1.82, 2.24) is 9.55 Å². The van der Waals surface area contributed by atoms with Gasteiger partial charge in [0.25, 0.3) is 0 Å². The van der Waals surface area contributed by atoms with Gasteiger partial charge in [-0.05, 0) is 67.3 Å². The molecule has 4 unspecified atom stereocenters. The second-order valence-corrected chi connectivity index (χ2v) is 11.1. The maximum Gasteiger partial charge on any atom is 0.469 e. The van der Waals surface area contributed by atoms with E-state index in [-0.39, 0.29) is 29.4 Å². The van der Waals surface area contributed by atoms with Crippen molar-refractivity contribution < 1.29 is 24.0 Å². The first kappa shape index (κ1) is 19.2. The number of imidazole rings is 1. The van der Waals surface area contributed by atoms with Gasteiger partial charge in [-0.25, -0.2) is 9.55 Å². The minimum absolute atomic E-state index is 0.0730. The molecule has 4 saturated carbocycles. The van der Waals surface area contributed by atoms with Crippen molar-refractivity contribution in [3.8, 4) is 11.3 Å². The van der Waals surface area contributed by atoms with Crippen molar-refractivity contribution in [3.05, 3.63) is 42.4 Å². The molecule has 4 aliphatic carbocycles. The van der Waals surface area contributed by atoms with Gasteiger partial charge in [-0.3, -0.25) is 4.52 Å². The van der Waals surface area contributed by atoms with Crippen LogP contribution in [0.15, 0.2) is 36.8 Å². The molecule has 0 spiro atoms. The van der Waals surface area contributed by atoms with E-state index in [1.54, 1.807) is 0 Å². The molecule has 8 heteroatoms. The molecule has 7 nitrogen and oxygen atoms in total. The summed E-state index contributed by atoms with van der Waals surface area (Å²) < 4.78 is 18.9. The van der Waals surface area contributed by atoms with Crippen LogP contribution in [0.2, 0.25) is 0 Å². The van der Waals surface area contributed by atoms with E-state index in [0.29, 0.717) is 12.3 Å². The molecular formula is C22H27N2O5P. The summed E-state index contributed by atoms with van der Waals surface area (Å²) in [6, 6.07) is 8.42. The molecule has 160 valence electrons. The molecule has 0 radical (unpaired) electrons. The van der Waals surface area contributed by atoms with E-state index in [0.717, 1.165) is 37.8 Å². The average molecular weight is 430 g/mol. The van der Waals surface area contributed by atoms with Crippen LogP contribution < -0.4 is 0 Å².